The summed E-state index contributed by atoms with van der Waals surface area (Å²) in [6.07, 6.45) is 1.15. The number of hydrogen-bond donors (Lipinski definition) is 1. The molecule has 1 atom stereocenters. The minimum Gasteiger partial charge on any atom is -0.376 e. The number of benzene rings is 2. The van der Waals surface area contributed by atoms with Crippen molar-refractivity contribution in [1.29, 1.82) is 0 Å². The zero-order valence-corrected chi connectivity index (χ0v) is 14.7. The molecule has 3 rings (SSSR count). The molecule has 0 aromatic heterocycles. The van der Waals surface area contributed by atoms with Crippen molar-refractivity contribution in [3.05, 3.63) is 52.5 Å². The summed E-state index contributed by atoms with van der Waals surface area (Å²) in [6.45, 7) is 0. The molecule has 0 saturated heterocycles. The van der Waals surface area contributed by atoms with Gasteiger partial charge in [0.1, 0.15) is 0 Å². The fourth-order valence-electron chi connectivity index (χ4n) is 2.69. The van der Waals surface area contributed by atoms with Crippen LogP contribution in [0.1, 0.15) is 18.0 Å². The second kappa shape index (κ2) is 6.32. The first-order chi connectivity index (χ1) is 10.1. The predicted octanol–water partition coefficient (Wildman–Crippen LogP) is 5.16. The Morgan fingerprint density at radius 1 is 1.19 bits per heavy atom. The number of fused-ring (bicyclic) bond motifs is 1. The van der Waals surface area contributed by atoms with E-state index in [0.717, 1.165) is 10.9 Å². The number of rotatable bonds is 3. The molecule has 0 spiro atoms. The summed E-state index contributed by atoms with van der Waals surface area (Å²) in [5.74, 6) is 1.17. The van der Waals surface area contributed by atoms with Crippen LogP contribution < -0.4 is 10.2 Å². The lowest BCUT2D eigenvalue weighted by atomic mass is 10.0. The van der Waals surface area contributed by atoms with Crippen molar-refractivity contribution in [2.45, 2.75) is 17.4 Å². The van der Waals surface area contributed by atoms with Gasteiger partial charge in [0.25, 0.3) is 0 Å². The fraction of sp³-hybridized carbons (Fsp3) is 0.294. The fourth-order valence-corrected chi connectivity index (χ4v) is 4.18. The van der Waals surface area contributed by atoms with Crippen LogP contribution in [0, 0.1) is 0 Å². The van der Waals surface area contributed by atoms with Gasteiger partial charge in [-0.15, -0.1) is 11.8 Å². The third kappa shape index (κ3) is 3.22. The Morgan fingerprint density at radius 3 is 2.81 bits per heavy atom. The molecule has 1 aliphatic rings. The Morgan fingerprint density at radius 2 is 2.00 bits per heavy atom. The zero-order chi connectivity index (χ0) is 14.8. The van der Waals surface area contributed by atoms with E-state index < -0.39 is 0 Å². The van der Waals surface area contributed by atoms with Crippen molar-refractivity contribution >= 4 is 39.1 Å². The summed E-state index contributed by atoms with van der Waals surface area (Å²) >= 11 is 5.54. The number of nitrogens with one attached hydrogen (secondary N) is 1. The van der Waals surface area contributed by atoms with Crippen LogP contribution in [-0.4, -0.2) is 19.8 Å². The summed E-state index contributed by atoms with van der Waals surface area (Å²) in [5, 5.41) is 3.74. The van der Waals surface area contributed by atoms with Crippen LogP contribution in [0.15, 0.2) is 51.8 Å². The Bertz CT molecular complexity index is 642. The largest absolute Gasteiger partial charge is 0.376 e. The molecular formula is C17H19BrN2S. The molecule has 0 radical (unpaired) electrons. The highest BCUT2D eigenvalue weighted by atomic mass is 79.9. The number of anilines is 2. The van der Waals surface area contributed by atoms with Gasteiger partial charge >= 0.3 is 0 Å². The average Bonchev–Trinajstić information content (AvgIpc) is 2.47. The number of thioether (sulfide) groups is 1. The topological polar surface area (TPSA) is 15.3 Å². The van der Waals surface area contributed by atoms with Gasteiger partial charge in [-0.2, -0.15) is 0 Å². The first-order valence-corrected chi connectivity index (χ1v) is 8.88. The van der Waals surface area contributed by atoms with E-state index in [-0.39, 0.29) is 0 Å². The normalized spacial score (nSPS) is 17.2. The summed E-state index contributed by atoms with van der Waals surface area (Å²) in [4.78, 5) is 3.56. The third-order valence-corrected chi connectivity index (χ3v) is 5.34. The molecule has 0 fully saturated rings. The van der Waals surface area contributed by atoms with Crippen molar-refractivity contribution in [3.8, 4) is 0 Å². The van der Waals surface area contributed by atoms with Crippen molar-refractivity contribution in [1.82, 2.24) is 0 Å². The van der Waals surface area contributed by atoms with E-state index in [2.05, 4.69) is 82.7 Å². The smallest absolute Gasteiger partial charge is 0.0597 e. The van der Waals surface area contributed by atoms with Crippen molar-refractivity contribution < 1.29 is 0 Å². The van der Waals surface area contributed by atoms with Gasteiger partial charge in [0, 0.05) is 29.2 Å². The summed E-state index contributed by atoms with van der Waals surface area (Å²) in [7, 11) is 4.16. The molecule has 2 aromatic carbocycles. The molecule has 0 saturated carbocycles. The van der Waals surface area contributed by atoms with Crippen molar-refractivity contribution in [3.63, 3.8) is 0 Å². The van der Waals surface area contributed by atoms with Crippen LogP contribution in [0.5, 0.6) is 0 Å². The summed E-state index contributed by atoms with van der Waals surface area (Å²) in [6, 6.07) is 15.5. The lowest BCUT2D eigenvalue weighted by Gasteiger charge is -2.29. The maximum absolute atomic E-state index is 3.74. The van der Waals surface area contributed by atoms with Gasteiger partial charge in [-0.25, -0.2) is 0 Å². The van der Waals surface area contributed by atoms with E-state index >= 15 is 0 Å². The molecule has 1 N–H and O–H groups in total. The van der Waals surface area contributed by atoms with Gasteiger partial charge in [-0.05, 0) is 36.2 Å². The Balaban J connectivity index is 1.93. The standard InChI is InChI=1S/C17H19BrN2S/c1-20(2)16-8-7-12(18)11-15(16)19-14-9-10-21-17-6-4-3-5-13(14)17/h3-8,11,14,19H,9-10H2,1-2H3. The molecule has 0 bridgehead atoms. The molecule has 21 heavy (non-hydrogen) atoms. The third-order valence-electron chi connectivity index (χ3n) is 3.73. The van der Waals surface area contributed by atoms with E-state index in [0.29, 0.717) is 6.04 Å². The molecule has 0 aliphatic carbocycles. The van der Waals surface area contributed by atoms with Crippen LogP contribution >= 0.6 is 27.7 Å². The van der Waals surface area contributed by atoms with Crippen LogP contribution in [0.2, 0.25) is 0 Å². The molecular weight excluding hydrogens is 344 g/mol. The molecule has 1 aliphatic heterocycles. The van der Waals surface area contributed by atoms with Crippen LogP contribution in [0.4, 0.5) is 11.4 Å². The Hall–Kier alpha value is -1.13. The van der Waals surface area contributed by atoms with Gasteiger partial charge < -0.3 is 10.2 Å². The number of halogens is 1. The molecule has 1 unspecified atom stereocenters. The number of nitrogens with zero attached hydrogens (tertiary/aromatic N) is 1. The first-order valence-electron chi connectivity index (χ1n) is 7.10. The quantitative estimate of drug-likeness (QED) is 0.811. The van der Waals surface area contributed by atoms with E-state index in [1.807, 2.05) is 11.8 Å². The second-order valence-electron chi connectivity index (χ2n) is 5.43. The van der Waals surface area contributed by atoms with Gasteiger partial charge in [0.2, 0.25) is 0 Å². The zero-order valence-electron chi connectivity index (χ0n) is 12.3. The maximum atomic E-state index is 3.74. The van der Waals surface area contributed by atoms with E-state index in [1.54, 1.807) is 0 Å². The molecule has 110 valence electrons. The highest BCUT2D eigenvalue weighted by Gasteiger charge is 2.21. The molecule has 2 aromatic rings. The van der Waals surface area contributed by atoms with Crippen molar-refractivity contribution in [2.75, 3.05) is 30.1 Å². The number of hydrogen-bond acceptors (Lipinski definition) is 3. The molecule has 2 nitrogen and oxygen atoms in total. The van der Waals surface area contributed by atoms with E-state index in [1.165, 1.54) is 27.6 Å². The second-order valence-corrected chi connectivity index (χ2v) is 7.48. The van der Waals surface area contributed by atoms with Gasteiger partial charge in [0.05, 0.1) is 17.4 Å². The van der Waals surface area contributed by atoms with E-state index in [9.17, 15) is 0 Å². The van der Waals surface area contributed by atoms with Crippen LogP contribution in [0.3, 0.4) is 0 Å². The molecule has 0 amide bonds. The average molecular weight is 363 g/mol. The molecule has 1 heterocycles. The summed E-state index contributed by atoms with van der Waals surface area (Å²) in [5.41, 5.74) is 3.81. The first kappa shape index (κ1) is 14.8. The predicted molar refractivity (Wildman–Crippen MR) is 96.6 cm³/mol. The SMILES string of the molecule is CN(C)c1ccc(Br)cc1NC1CCSc2ccccc21. The highest BCUT2D eigenvalue weighted by Crippen LogP contribution is 2.39. The lowest BCUT2D eigenvalue weighted by molar-refractivity contribution is 0.728. The van der Waals surface area contributed by atoms with Gasteiger partial charge in [-0.1, -0.05) is 34.1 Å². The molecule has 4 heteroatoms. The van der Waals surface area contributed by atoms with E-state index in [4.69, 9.17) is 0 Å². The van der Waals surface area contributed by atoms with Crippen LogP contribution in [-0.2, 0) is 0 Å². The van der Waals surface area contributed by atoms with Crippen molar-refractivity contribution in [2.24, 2.45) is 0 Å². The lowest BCUT2D eigenvalue weighted by Crippen LogP contribution is -2.18. The maximum Gasteiger partial charge on any atom is 0.0597 e. The Labute approximate surface area is 139 Å². The Kier molecular flexibility index (Phi) is 4.45. The minimum atomic E-state index is 0.385. The van der Waals surface area contributed by atoms with Crippen LogP contribution in [0.25, 0.3) is 0 Å². The summed E-state index contributed by atoms with van der Waals surface area (Å²) < 4.78 is 1.11. The van der Waals surface area contributed by atoms with Gasteiger partial charge in [-0.3, -0.25) is 0 Å². The monoisotopic (exact) mass is 362 g/mol. The highest BCUT2D eigenvalue weighted by molar-refractivity contribution is 9.10. The van der Waals surface area contributed by atoms with Gasteiger partial charge in [0.15, 0.2) is 0 Å². The minimum absolute atomic E-state index is 0.385.